The van der Waals surface area contributed by atoms with Gasteiger partial charge in [0.25, 0.3) is 5.91 Å². The van der Waals surface area contributed by atoms with Gasteiger partial charge in [-0.25, -0.2) is 4.99 Å². The van der Waals surface area contributed by atoms with Crippen molar-refractivity contribution in [1.29, 1.82) is 0 Å². The summed E-state index contributed by atoms with van der Waals surface area (Å²) in [4.78, 5) is 17.4. The van der Waals surface area contributed by atoms with Crippen LogP contribution in [-0.4, -0.2) is 17.2 Å². The fourth-order valence-corrected chi connectivity index (χ4v) is 3.42. The van der Waals surface area contributed by atoms with E-state index in [0.29, 0.717) is 15.1 Å². The van der Waals surface area contributed by atoms with Crippen LogP contribution in [0.1, 0.15) is 31.4 Å². The molecule has 0 radical (unpaired) electrons. The number of benzene rings is 2. The van der Waals surface area contributed by atoms with E-state index in [9.17, 15) is 4.79 Å². The third-order valence-corrected chi connectivity index (χ3v) is 5.52. The summed E-state index contributed by atoms with van der Waals surface area (Å²) >= 11 is 7.45. The van der Waals surface area contributed by atoms with Crippen LogP contribution in [0.3, 0.4) is 0 Å². The summed E-state index contributed by atoms with van der Waals surface area (Å²) in [6.45, 7) is 6.03. The molecule has 1 fully saturated rings. The van der Waals surface area contributed by atoms with Gasteiger partial charge in [0, 0.05) is 5.02 Å². The predicted molar refractivity (Wildman–Crippen MR) is 114 cm³/mol. The van der Waals surface area contributed by atoms with Gasteiger partial charge in [-0.3, -0.25) is 4.79 Å². The van der Waals surface area contributed by atoms with Crippen LogP contribution in [0.25, 0.3) is 6.08 Å². The van der Waals surface area contributed by atoms with Crippen molar-refractivity contribution < 1.29 is 9.53 Å². The number of aliphatic imine (C=N–C) groups is 1. The molecule has 1 amide bonds. The molecule has 1 heterocycles. The second-order valence-corrected chi connectivity index (χ2v) is 7.71. The molecule has 1 N–H and O–H groups in total. The Bertz CT molecular complexity index is 907. The Balaban J connectivity index is 1.75. The number of nitrogens with one attached hydrogen (secondary N) is 1. The second kappa shape index (κ2) is 8.63. The van der Waals surface area contributed by atoms with Gasteiger partial charge in [0.05, 0.1) is 16.7 Å². The Morgan fingerprint density at radius 2 is 2.00 bits per heavy atom. The molecule has 27 heavy (non-hydrogen) atoms. The van der Waals surface area contributed by atoms with Crippen LogP contribution in [0, 0.1) is 6.92 Å². The maximum Gasteiger partial charge on any atom is 0.264 e. The van der Waals surface area contributed by atoms with E-state index < -0.39 is 0 Å². The minimum atomic E-state index is -0.154. The predicted octanol–water partition coefficient (Wildman–Crippen LogP) is 5.72. The highest BCUT2D eigenvalue weighted by Crippen LogP contribution is 2.31. The topological polar surface area (TPSA) is 50.7 Å². The van der Waals surface area contributed by atoms with Gasteiger partial charge in [0.2, 0.25) is 0 Å². The number of halogens is 1. The number of nitrogens with zero attached hydrogens (tertiary/aromatic N) is 1. The van der Waals surface area contributed by atoms with Crippen LogP contribution >= 0.6 is 23.4 Å². The molecule has 0 spiro atoms. The van der Waals surface area contributed by atoms with Gasteiger partial charge in [-0.2, -0.15) is 0 Å². The van der Waals surface area contributed by atoms with Gasteiger partial charge in [-0.1, -0.05) is 36.7 Å². The molecule has 2 aromatic carbocycles. The van der Waals surface area contributed by atoms with Gasteiger partial charge in [0.1, 0.15) is 5.75 Å². The van der Waals surface area contributed by atoms with Crippen molar-refractivity contribution in [3.8, 4) is 5.75 Å². The maximum atomic E-state index is 12.3. The highest BCUT2D eigenvalue weighted by atomic mass is 35.5. The Kier molecular flexibility index (Phi) is 6.24. The summed E-state index contributed by atoms with van der Waals surface area (Å²) in [5, 5.41) is 4.01. The van der Waals surface area contributed by atoms with Gasteiger partial charge in [0.15, 0.2) is 5.17 Å². The first-order valence-electron chi connectivity index (χ1n) is 8.77. The lowest BCUT2D eigenvalue weighted by Gasteiger charge is -2.12. The van der Waals surface area contributed by atoms with Gasteiger partial charge in [-0.05, 0) is 73.5 Å². The quantitative estimate of drug-likeness (QED) is 0.653. The lowest BCUT2D eigenvalue weighted by atomic mass is 10.2. The van der Waals surface area contributed by atoms with E-state index in [4.69, 9.17) is 16.3 Å². The first-order valence-corrected chi connectivity index (χ1v) is 9.97. The zero-order valence-electron chi connectivity index (χ0n) is 15.5. The lowest BCUT2D eigenvalue weighted by Crippen LogP contribution is -2.19. The van der Waals surface area contributed by atoms with Crippen molar-refractivity contribution in [3.05, 3.63) is 63.5 Å². The van der Waals surface area contributed by atoms with Crippen molar-refractivity contribution in [2.75, 3.05) is 0 Å². The highest BCUT2D eigenvalue weighted by Gasteiger charge is 2.24. The number of hydrogen-bond donors (Lipinski definition) is 1. The van der Waals surface area contributed by atoms with E-state index in [1.807, 2.05) is 62.4 Å². The van der Waals surface area contributed by atoms with E-state index in [1.165, 1.54) is 11.8 Å². The number of amides is 1. The van der Waals surface area contributed by atoms with Crippen LogP contribution in [0.5, 0.6) is 5.75 Å². The summed E-state index contributed by atoms with van der Waals surface area (Å²) in [7, 11) is 0. The number of carbonyl (C=O) groups is 1. The fraction of sp³-hybridized carbons (Fsp3) is 0.238. The minimum absolute atomic E-state index is 0.154. The van der Waals surface area contributed by atoms with E-state index >= 15 is 0 Å². The SMILES string of the molecule is CC[C@@H](C)Oc1ccc(/C=C2/SC(=Nc3cccc(Cl)c3C)NC2=O)cc1. The van der Waals surface area contributed by atoms with Gasteiger partial charge >= 0.3 is 0 Å². The number of carbonyl (C=O) groups excluding carboxylic acids is 1. The molecule has 0 aliphatic carbocycles. The number of ether oxygens (including phenoxy) is 1. The standard InChI is InChI=1S/C21H21ClN2O2S/c1-4-13(2)26-16-10-8-15(9-11-16)12-19-20(25)24-21(27-19)23-18-7-5-6-17(22)14(18)3/h5-13H,4H2,1-3H3,(H,23,24,25)/b19-12+/t13-/m1/s1. The van der Waals surface area contributed by atoms with E-state index in [-0.39, 0.29) is 12.0 Å². The average molecular weight is 401 g/mol. The fourth-order valence-electron chi connectivity index (χ4n) is 2.42. The second-order valence-electron chi connectivity index (χ2n) is 6.27. The summed E-state index contributed by atoms with van der Waals surface area (Å²) < 4.78 is 5.78. The number of rotatable bonds is 5. The Hall–Kier alpha value is -2.24. The zero-order chi connectivity index (χ0) is 19.4. The third kappa shape index (κ3) is 4.93. The number of amidine groups is 1. The van der Waals surface area contributed by atoms with Crippen LogP contribution in [0.4, 0.5) is 5.69 Å². The first-order chi connectivity index (χ1) is 13.0. The molecule has 1 saturated heterocycles. The normalized spacial score (nSPS) is 18.0. The van der Waals surface area contributed by atoms with Gasteiger partial charge in [-0.15, -0.1) is 0 Å². The Labute approximate surface area is 168 Å². The van der Waals surface area contributed by atoms with E-state index in [1.54, 1.807) is 0 Å². The van der Waals surface area contributed by atoms with Crippen LogP contribution in [0.15, 0.2) is 52.4 Å². The molecular weight excluding hydrogens is 380 g/mol. The number of thioether (sulfide) groups is 1. The summed E-state index contributed by atoms with van der Waals surface area (Å²) in [6.07, 6.45) is 2.98. The molecule has 1 aliphatic rings. The van der Waals surface area contributed by atoms with E-state index in [0.717, 1.165) is 29.0 Å². The molecule has 0 unspecified atom stereocenters. The van der Waals surface area contributed by atoms with Crippen LogP contribution in [0.2, 0.25) is 5.02 Å². The molecule has 4 nitrogen and oxygen atoms in total. The average Bonchev–Trinajstić information content (AvgIpc) is 2.99. The molecule has 6 heteroatoms. The van der Waals surface area contributed by atoms with Crippen molar-refractivity contribution in [2.45, 2.75) is 33.3 Å². The highest BCUT2D eigenvalue weighted by molar-refractivity contribution is 8.18. The van der Waals surface area contributed by atoms with Crippen molar-refractivity contribution in [1.82, 2.24) is 5.32 Å². The van der Waals surface area contributed by atoms with Crippen molar-refractivity contribution in [2.24, 2.45) is 4.99 Å². The van der Waals surface area contributed by atoms with Gasteiger partial charge < -0.3 is 10.1 Å². The first kappa shape index (κ1) is 19.5. The largest absolute Gasteiger partial charge is 0.491 e. The molecule has 0 saturated carbocycles. The molecule has 2 aromatic rings. The molecule has 3 rings (SSSR count). The molecule has 0 aromatic heterocycles. The summed E-state index contributed by atoms with van der Waals surface area (Å²) in [6, 6.07) is 13.2. The van der Waals surface area contributed by atoms with Crippen molar-refractivity contribution >= 4 is 46.2 Å². The summed E-state index contributed by atoms with van der Waals surface area (Å²) in [5.41, 5.74) is 2.57. The molecular formula is C21H21ClN2O2S. The Morgan fingerprint density at radius 3 is 2.70 bits per heavy atom. The Morgan fingerprint density at radius 1 is 1.26 bits per heavy atom. The maximum absolute atomic E-state index is 12.3. The number of hydrogen-bond acceptors (Lipinski definition) is 4. The molecule has 140 valence electrons. The third-order valence-electron chi connectivity index (χ3n) is 4.20. The zero-order valence-corrected chi connectivity index (χ0v) is 17.0. The van der Waals surface area contributed by atoms with Crippen LogP contribution in [-0.2, 0) is 4.79 Å². The van der Waals surface area contributed by atoms with Crippen molar-refractivity contribution in [3.63, 3.8) is 0 Å². The van der Waals surface area contributed by atoms with Crippen LogP contribution < -0.4 is 10.1 Å². The lowest BCUT2D eigenvalue weighted by molar-refractivity contribution is -0.115. The summed E-state index contributed by atoms with van der Waals surface area (Å²) in [5.74, 6) is 0.673. The smallest absolute Gasteiger partial charge is 0.264 e. The molecule has 1 atom stereocenters. The minimum Gasteiger partial charge on any atom is -0.491 e. The van der Waals surface area contributed by atoms with E-state index in [2.05, 4.69) is 17.2 Å². The molecule has 0 bridgehead atoms. The molecule has 1 aliphatic heterocycles. The monoisotopic (exact) mass is 400 g/mol.